The Morgan fingerprint density at radius 3 is 2.43 bits per heavy atom. The summed E-state index contributed by atoms with van der Waals surface area (Å²) in [6.07, 6.45) is 0.511. The summed E-state index contributed by atoms with van der Waals surface area (Å²) in [5, 5.41) is 3.44. The van der Waals surface area contributed by atoms with Gasteiger partial charge in [-0.15, -0.1) is 12.4 Å². The van der Waals surface area contributed by atoms with Crippen LogP contribution in [-0.2, 0) is 4.79 Å². The lowest BCUT2D eigenvalue weighted by atomic mass is 10.2. The summed E-state index contributed by atoms with van der Waals surface area (Å²) in [5.41, 5.74) is 0.690. The number of nitrogens with one attached hydrogen (secondary N) is 1. The Bertz CT molecular complexity index is 448. The average Bonchev–Trinajstić information content (AvgIpc) is 2.48. The van der Waals surface area contributed by atoms with Crippen molar-refractivity contribution in [2.24, 2.45) is 0 Å². The fraction of sp³-hybridized carbons (Fsp3) is 0.533. The summed E-state index contributed by atoms with van der Waals surface area (Å²) in [6, 6.07) is 7.32. The summed E-state index contributed by atoms with van der Waals surface area (Å²) < 4.78 is 0. The van der Waals surface area contributed by atoms with Crippen LogP contribution in [0.4, 0.5) is 5.69 Å². The fourth-order valence-electron chi connectivity index (χ4n) is 2.36. The maximum absolute atomic E-state index is 11.9. The minimum absolute atomic E-state index is 0. The van der Waals surface area contributed by atoms with E-state index in [1.807, 2.05) is 18.2 Å². The first-order valence-corrected chi connectivity index (χ1v) is 7.56. The van der Waals surface area contributed by atoms with E-state index in [4.69, 9.17) is 11.6 Å². The van der Waals surface area contributed by atoms with E-state index in [1.54, 1.807) is 6.07 Å². The van der Waals surface area contributed by atoms with Gasteiger partial charge < -0.3 is 15.1 Å². The van der Waals surface area contributed by atoms with E-state index in [-0.39, 0.29) is 18.3 Å². The van der Waals surface area contributed by atoms with Crippen molar-refractivity contribution in [1.82, 2.24) is 9.80 Å². The lowest BCUT2D eigenvalue weighted by molar-refractivity contribution is -0.116. The van der Waals surface area contributed by atoms with Crippen molar-refractivity contribution >= 4 is 35.6 Å². The molecule has 0 saturated carbocycles. The van der Waals surface area contributed by atoms with Gasteiger partial charge in [-0.05, 0) is 18.7 Å². The van der Waals surface area contributed by atoms with E-state index in [2.05, 4.69) is 22.0 Å². The number of rotatable bonds is 5. The Balaban J connectivity index is 0.00000220. The molecule has 1 aromatic rings. The van der Waals surface area contributed by atoms with Crippen LogP contribution in [0.3, 0.4) is 0 Å². The molecule has 118 valence electrons. The zero-order valence-corrected chi connectivity index (χ0v) is 13.9. The predicted octanol–water partition coefficient (Wildman–Crippen LogP) is 2.73. The number of carbonyl (C=O) groups is 1. The first-order chi connectivity index (χ1) is 9.69. The Kier molecular flexibility index (Phi) is 8.04. The molecule has 6 heteroatoms. The zero-order chi connectivity index (χ0) is 14.4. The molecule has 1 aromatic carbocycles. The van der Waals surface area contributed by atoms with Gasteiger partial charge in [0.05, 0.1) is 10.7 Å². The Labute approximate surface area is 137 Å². The molecule has 0 aliphatic carbocycles. The van der Waals surface area contributed by atoms with E-state index in [9.17, 15) is 4.79 Å². The second-order valence-electron chi connectivity index (χ2n) is 5.05. The highest BCUT2D eigenvalue weighted by Gasteiger charge is 2.16. The van der Waals surface area contributed by atoms with Gasteiger partial charge in [0.2, 0.25) is 5.91 Å². The van der Waals surface area contributed by atoms with Gasteiger partial charge in [-0.3, -0.25) is 4.79 Å². The van der Waals surface area contributed by atoms with Crippen LogP contribution < -0.4 is 5.32 Å². The monoisotopic (exact) mass is 331 g/mol. The van der Waals surface area contributed by atoms with Crippen LogP contribution >= 0.6 is 24.0 Å². The molecule has 21 heavy (non-hydrogen) atoms. The molecule has 0 aromatic heterocycles. The van der Waals surface area contributed by atoms with Crippen molar-refractivity contribution < 1.29 is 4.79 Å². The highest BCUT2D eigenvalue weighted by molar-refractivity contribution is 6.33. The van der Waals surface area contributed by atoms with Gasteiger partial charge in [0.15, 0.2) is 0 Å². The first kappa shape index (κ1) is 18.2. The Morgan fingerprint density at radius 1 is 1.19 bits per heavy atom. The van der Waals surface area contributed by atoms with Gasteiger partial charge in [-0.1, -0.05) is 30.7 Å². The lowest BCUT2D eigenvalue weighted by Crippen LogP contribution is -2.46. The number of likely N-dealkylation sites (N-methyl/N-ethyl adjacent to an activating group) is 1. The van der Waals surface area contributed by atoms with Crippen molar-refractivity contribution in [2.45, 2.75) is 13.3 Å². The third kappa shape index (κ3) is 5.83. The highest BCUT2D eigenvalue weighted by Crippen LogP contribution is 2.20. The number of nitrogens with zero attached hydrogens (tertiary/aromatic N) is 2. The smallest absolute Gasteiger partial charge is 0.225 e. The van der Waals surface area contributed by atoms with Gasteiger partial charge in [0.25, 0.3) is 0 Å². The molecule has 0 atom stereocenters. The zero-order valence-electron chi connectivity index (χ0n) is 12.3. The van der Waals surface area contributed by atoms with Gasteiger partial charge >= 0.3 is 0 Å². The van der Waals surface area contributed by atoms with Crippen molar-refractivity contribution in [2.75, 3.05) is 44.6 Å². The molecule has 1 N–H and O–H groups in total. The number of halogens is 2. The van der Waals surface area contributed by atoms with Gasteiger partial charge in [-0.2, -0.15) is 0 Å². The summed E-state index contributed by atoms with van der Waals surface area (Å²) in [7, 11) is 0. The summed E-state index contributed by atoms with van der Waals surface area (Å²) in [6.45, 7) is 8.41. The second-order valence-corrected chi connectivity index (χ2v) is 5.46. The predicted molar refractivity (Wildman–Crippen MR) is 90.5 cm³/mol. The molecule has 1 heterocycles. The van der Waals surface area contributed by atoms with Crippen LogP contribution in [-0.4, -0.2) is 55.0 Å². The normalized spacial score (nSPS) is 16.3. The quantitative estimate of drug-likeness (QED) is 0.901. The third-order valence-electron chi connectivity index (χ3n) is 3.72. The Hall–Kier alpha value is -0.810. The fourth-order valence-corrected chi connectivity index (χ4v) is 2.55. The lowest BCUT2D eigenvalue weighted by Gasteiger charge is -2.33. The largest absolute Gasteiger partial charge is 0.325 e. The maximum atomic E-state index is 11.9. The van der Waals surface area contributed by atoms with Crippen molar-refractivity contribution in [3.05, 3.63) is 29.3 Å². The summed E-state index contributed by atoms with van der Waals surface area (Å²) in [4.78, 5) is 16.7. The van der Waals surface area contributed by atoms with E-state index >= 15 is 0 Å². The van der Waals surface area contributed by atoms with Crippen LogP contribution in [0, 0.1) is 0 Å². The molecule has 1 fully saturated rings. The topological polar surface area (TPSA) is 35.6 Å². The van der Waals surface area contributed by atoms with Gasteiger partial charge in [-0.25, -0.2) is 0 Å². The van der Waals surface area contributed by atoms with Crippen LogP contribution in [0.15, 0.2) is 24.3 Å². The maximum Gasteiger partial charge on any atom is 0.225 e. The number of hydrogen-bond donors (Lipinski definition) is 1. The molecule has 0 bridgehead atoms. The minimum atomic E-state index is 0. The third-order valence-corrected chi connectivity index (χ3v) is 4.04. The molecule has 2 rings (SSSR count). The van der Waals surface area contributed by atoms with E-state index in [1.165, 1.54) is 0 Å². The number of piperazine rings is 1. The first-order valence-electron chi connectivity index (χ1n) is 7.18. The summed E-state index contributed by atoms with van der Waals surface area (Å²) in [5.74, 6) is 0.0241. The Morgan fingerprint density at radius 2 is 1.81 bits per heavy atom. The number of para-hydroxylation sites is 1. The van der Waals surface area contributed by atoms with Crippen molar-refractivity contribution in [3.63, 3.8) is 0 Å². The van der Waals surface area contributed by atoms with Crippen LogP contribution in [0.25, 0.3) is 0 Å². The number of hydrogen-bond acceptors (Lipinski definition) is 3. The van der Waals surface area contributed by atoms with Crippen LogP contribution in [0.2, 0.25) is 5.02 Å². The second kappa shape index (κ2) is 9.26. The number of anilines is 1. The molecule has 4 nitrogen and oxygen atoms in total. The van der Waals surface area contributed by atoms with E-state index in [0.717, 1.165) is 39.3 Å². The summed E-state index contributed by atoms with van der Waals surface area (Å²) >= 11 is 6.02. The van der Waals surface area contributed by atoms with Crippen LogP contribution in [0.5, 0.6) is 0 Å². The van der Waals surface area contributed by atoms with E-state index < -0.39 is 0 Å². The molecular formula is C15H23Cl2N3O. The minimum Gasteiger partial charge on any atom is -0.325 e. The number of carbonyl (C=O) groups excluding carboxylic acids is 1. The number of benzene rings is 1. The molecule has 0 radical (unpaired) electrons. The average molecular weight is 332 g/mol. The van der Waals surface area contributed by atoms with Crippen LogP contribution in [0.1, 0.15) is 13.3 Å². The molecule has 1 saturated heterocycles. The molecular weight excluding hydrogens is 309 g/mol. The molecule has 1 aliphatic rings. The molecule has 1 aliphatic heterocycles. The van der Waals surface area contributed by atoms with E-state index in [0.29, 0.717) is 17.1 Å². The highest BCUT2D eigenvalue weighted by atomic mass is 35.5. The van der Waals surface area contributed by atoms with Crippen molar-refractivity contribution in [1.29, 1.82) is 0 Å². The SMILES string of the molecule is CCN1CCN(CCC(=O)Nc2ccccc2Cl)CC1.Cl. The van der Waals surface area contributed by atoms with Gasteiger partial charge in [0, 0.05) is 39.1 Å². The standard InChI is InChI=1S/C15H22ClN3O.ClH/c1-2-18-9-11-19(12-10-18)8-7-15(20)17-14-6-4-3-5-13(14)16;/h3-6H,2,7-12H2,1H3,(H,17,20);1H. The van der Waals surface area contributed by atoms with Crippen molar-refractivity contribution in [3.8, 4) is 0 Å². The van der Waals surface area contributed by atoms with Gasteiger partial charge in [0.1, 0.15) is 0 Å². The molecule has 0 unspecified atom stereocenters. The molecule has 1 amide bonds. The molecule has 0 spiro atoms. The number of amides is 1.